The maximum atomic E-state index is 13.7. The third-order valence-corrected chi connectivity index (χ3v) is 3.40. The number of nitrogens with zero attached hydrogens (tertiary/aromatic N) is 2. The molecule has 1 N–H and O–H groups in total. The van der Waals surface area contributed by atoms with E-state index in [-0.39, 0.29) is 23.7 Å². The van der Waals surface area contributed by atoms with Crippen LogP contribution in [0.15, 0.2) is 30.6 Å². The number of rotatable bonds is 5. The third kappa shape index (κ3) is 3.17. The van der Waals surface area contributed by atoms with Gasteiger partial charge in [-0.25, -0.2) is 4.39 Å². The molecule has 1 heterocycles. The Morgan fingerprint density at radius 1 is 1.25 bits per heavy atom. The van der Waals surface area contributed by atoms with Crippen molar-refractivity contribution in [2.24, 2.45) is 7.05 Å². The standard InChI is InChI=1S/C15H20FN3O/c1-10(12-5-6-15(20-4)14(16)7-12)18-11(2)13-8-17-19(3)9-13/h5-11,18H,1-4H3. The van der Waals surface area contributed by atoms with E-state index in [4.69, 9.17) is 4.74 Å². The van der Waals surface area contributed by atoms with Gasteiger partial charge in [0.2, 0.25) is 0 Å². The Bertz CT molecular complexity index is 582. The maximum absolute atomic E-state index is 13.7. The van der Waals surface area contributed by atoms with Crippen molar-refractivity contribution in [1.82, 2.24) is 15.1 Å². The predicted molar refractivity (Wildman–Crippen MR) is 76.1 cm³/mol. The van der Waals surface area contributed by atoms with Crippen LogP contribution in [0, 0.1) is 5.82 Å². The summed E-state index contributed by atoms with van der Waals surface area (Å²) >= 11 is 0. The van der Waals surface area contributed by atoms with Gasteiger partial charge in [0, 0.05) is 30.9 Å². The van der Waals surface area contributed by atoms with Crippen LogP contribution in [0.2, 0.25) is 0 Å². The van der Waals surface area contributed by atoms with Crippen LogP contribution in [-0.2, 0) is 7.05 Å². The molecule has 2 rings (SSSR count). The molecule has 0 saturated heterocycles. The Morgan fingerprint density at radius 2 is 1.95 bits per heavy atom. The molecule has 0 saturated carbocycles. The predicted octanol–water partition coefficient (Wildman–Crippen LogP) is 2.98. The zero-order valence-electron chi connectivity index (χ0n) is 12.2. The van der Waals surface area contributed by atoms with Crippen molar-refractivity contribution in [3.8, 4) is 5.75 Å². The Hall–Kier alpha value is -1.88. The maximum Gasteiger partial charge on any atom is 0.165 e. The van der Waals surface area contributed by atoms with Gasteiger partial charge in [-0.3, -0.25) is 4.68 Å². The highest BCUT2D eigenvalue weighted by atomic mass is 19.1. The monoisotopic (exact) mass is 277 g/mol. The number of halogens is 1. The first kappa shape index (κ1) is 14.5. The number of ether oxygens (including phenoxy) is 1. The number of aromatic nitrogens is 2. The lowest BCUT2D eigenvalue weighted by molar-refractivity contribution is 0.385. The average Bonchev–Trinajstić information content (AvgIpc) is 2.85. The van der Waals surface area contributed by atoms with E-state index in [0.29, 0.717) is 0 Å². The second kappa shape index (κ2) is 6.05. The second-order valence-corrected chi connectivity index (χ2v) is 4.95. The highest BCUT2D eigenvalue weighted by Crippen LogP contribution is 2.23. The van der Waals surface area contributed by atoms with Crippen LogP contribution in [0.5, 0.6) is 5.75 Å². The fraction of sp³-hybridized carbons (Fsp3) is 0.400. The van der Waals surface area contributed by atoms with Gasteiger partial charge in [0.1, 0.15) is 0 Å². The van der Waals surface area contributed by atoms with Gasteiger partial charge >= 0.3 is 0 Å². The van der Waals surface area contributed by atoms with Gasteiger partial charge in [-0.2, -0.15) is 5.10 Å². The lowest BCUT2D eigenvalue weighted by Gasteiger charge is -2.20. The zero-order valence-corrected chi connectivity index (χ0v) is 12.2. The Kier molecular flexibility index (Phi) is 4.39. The number of benzene rings is 1. The van der Waals surface area contributed by atoms with Gasteiger partial charge in [0.05, 0.1) is 13.3 Å². The molecule has 20 heavy (non-hydrogen) atoms. The fourth-order valence-electron chi connectivity index (χ4n) is 2.18. The van der Waals surface area contributed by atoms with Crippen LogP contribution >= 0.6 is 0 Å². The summed E-state index contributed by atoms with van der Waals surface area (Å²) in [6, 6.07) is 5.20. The molecule has 2 unspecified atom stereocenters. The van der Waals surface area contributed by atoms with Crippen molar-refractivity contribution < 1.29 is 9.13 Å². The minimum atomic E-state index is -0.340. The van der Waals surface area contributed by atoms with Crippen LogP contribution in [0.1, 0.15) is 37.1 Å². The summed E-state index contributed by atoms with van der Waals surface area (Å²) < 4.78 is 20.4. The SMILES string of the molecule is COc1ccc(C(C)NC(C)c2cnn(C)c2)cc1F. The number of hydrogen-bond donors (Lipinski definition) is 1. The van der Waals surface area contributed by atoms with Crippen molar-refractivity contribution in [1.29, 1.82) is 0 Å². The molecule has 0 radical (unpaired) electrons. The molecule has 1 aromatic carbocycles. The van der Waals surface area contributed by atoms with Gasteiger partial charge in [0.25, 0.3) is 0 Å². The van der Waals surface area contributed by atoms with E-state index in [1.54, 1.807) is 10.7 Å². The number of nitrogens with one attached hydrogen (secondary N) is 1. The van der Waals surface area contributed by atoms with Crippen LogP contribution < -0.4 is 10.1 Å². The van der Waals surface area contributed by atoms with E-state index < -0.39 is 0 Å². The van der Waals surface area contributed by atoms with Gasteiger partial charge in [-0.05, 0) is 31.5 Å². The topological polar surface area (TPSA) is 39.1 Å². The highest BCUT2D eigenvalue weighted by molar-refractivity contribution is 5.31. The van der Waals surface area contributed by atoms with Crippen molar-refractivity contribution in [3.63, 3.8) is 0 Å². The first-order chi connectivity index (χ1) is 9.51. The van der Waals surface area contributed by atoms with E-state index in [1.165, 1.54) is 13.2 Å². The van der Waals surface area contributed by atoms with Gasteiger partial charge in [0.15, 0.2) is 11.6 Å². The summed E-state index contributed by atoms with van der Waals surface area (Å²) in [6.07, 6.45) is 3.80. The molecule has 1 aromatic heterocycles. The molecule has 0 aliphatic carbocycles. The van der Waals surface area contributed by atoms with Crippen LogP contribution in [0.25, 0.3) is 0 Å². The Labute approximate surface area is 118 Å². The van der Waals surface area contributed by atoms with Gasteiger partial charge in [-0.15, -0.1) is 0 Å². The average molecular weight is 277 g/mol. The molecule has 0 bridgehead atoms. The van der Waals surface area contributed by atoms with Crippen molar-refractivity contribution in [2.75, 3.05) is 7.11 Å². The highest BCUT2D eigenvalue weighted by Gasteiger charge is 2.14. The normalized spacial score (nSPS) is 14.1. The molecule has 4 nitrogen and oxygen atoms in total. The van der Waals surface area contributed by atoms with E-state index in [2.05, 4.69) is 17.3 Å². The van der Waals surface area contributed by atoms with E-state index >= 15 is 0 Å². The molecule has 2 atom stereocenters. The van der Waals surface area contributed by atoms with Crippen molar-refractivity contribution >= 4 is 0 Å². The summed E-state index contributed by atoms with van der Waals surface area (Å²) in [7, 11) is 3.35. The quantitative estimate of drug-likeness (QED) is 0.913. The summed E-state index contributed by atoms with van der Waals surface area (Å²) in [5, 5.41) is 7.58. The van der Waals surface area contributed by atoms with E-state index in [1.807, 2.05) is 32.4 Å². The minimum absolute atomic E-state index is 0.0330. The fourth-order valence-corrected chi connectivity index (χ4v) is 2.18. The summed E-state index contributed by atoms with van der Waals surface area (Å²) in [5.41, 5.74) is 1.99. The molecule has 2 aromatic rings. The van der Waals surface area contributed by atoms with E-state index in [9.17, 15) is 4.39 Å². The van der Waals surface area contributed by atoms with Crippen LogP contribution in [-0.4, -0.2) is 16.9 Å². The summed E-state index contributed by atoms with van der Waals surface area (Å²) in [4.78, 5) is 0. The molecule has 0 spiro atoms. The number of methoxy groups -OCH3 is 1. The smallest absolute Gasteiger partial charge is 0.165 e. The summed E-state index contributed by atoms with van der Waals surface area (Å²) in [6.45, 7) is 4.07. The zero-order chi connectivity index (χ0) is 14.7. The Morgan fingerprint density at radius 3 is 2.50 bits per heavy atom. The molecule has 5 heteroatoms. The van der Waals surface area contributed by atoms with E-state index in [0.717, 1.165) is 11.1 Å². The van der Waals surface area contributed by atoms with Crippen LogP contribution in [0.3, 0.4) is 0 Å². The molecule has 0 aliphatic rings. The minimum Gasteiger partial charge on any atom is -0.494 e. The van der Waals surface area contributed by atoms with Gasteiger partial charge in [-0.1, -0.05) is 6.07 Å². The molecule has 0 fully saturated rings. The van der Waals surface area contributed by atoms with Crippen molar-refractivity contribution in [3.05, 3.63) is 47.5 Å². The van der Waals surface area contributed by atoms with Crippen LogP contribution in [0.4, 0.5) is 4.39 Å². The molecule has 0 amide bonds. The second-order valence-electron chi connectivity index (χ2n) is 4.95. The first-order valence-corrected chi connectivity index (χ1v) is 6.59. The largest absolute Gasteiger partial charge is 0.494 e. The Balaban J connectivity index is 2.07. The molecule has 108 valence electrons. The van der Waals surface area contributed by atoms with Gasteiger partial charge < -0.3 is 10.1 Å². The molecular weight excluding hydrogens is 257 g/mol. The lowest BCUT2D eigenvalue weighted by atomic mass is 10.1. The van der Waals surface area contributed by atoms with Crippen molar-refractivity contribution in [2.45, 2.75) is 25.9 Å². The number of aryl methyl sites for hydroxylation is 1. The lowest BCUT2D eigenvalue weighted by Crippen LogP contribution is -2.22. The third-order valence-electron chi connectivity index (χ3n) is 3.40. The number of hydrogen-bond acceptors (Lipinski definition) is 3. The summed E-state index contributed by atoms with van der Waals surface area (Å²) in [5.74, 6) is -0.0751. The first-order valence-electron chi connectivity index (χ1n) is 6.59. The molecular formula is C15H20FN3O. The molecule has 0 aliphatic heterocycles.